The number of pyridine rings is 1. The quantitative estimate of drug-likeness (QED) is 0.745. The van der Waals surface area contributed by atoms with Crippen LogP contribution in [-0.2, 0) is 6.54 Å². The van der Waals surface area contributed by atoms with Gasteiger partial charge in [-0.15, -0.1) is 0 Å². The number of ether oxygens (including phenoxy) is 1. The van der Waals surface area contributed by atoms with Crippen LogP contribution in [-0.4, -0.2) is 41.5 Å². The van der Waals surface area contributed by atoms with Crippen molar-refractivity contribution in [2.24, 2.45) is 5.73 Å². The van der Waals surface area contributed by atoms with Gasteiger partial charge in [-0.1, -0.05) is 6.07 Å². The summed E-state index contributed by atoms with van der Waals surface area (Å²) in [5, 5.41) is 2.50. The summed E-state index contributed by atoms with van der Waals surface area (Å²) in [5.41, 5.74) is 5.73. The number of nitrogens with two attached hydrogens (primary N) is 1. The van der Waals surface area contributed by atoms with E-state index in [9.17, 15) is 23.2 Å². The summed E-state index contributed by atoms with van der Waals surface area (Å²) in [7, 11) is 1.26. The van der Waals surface area contributed by atoms with Crippen molar-refractivity contribution >= 4 is 11.8 Å². The number of nitrogens with one attached hydrogen (secondary N) is 1. The number of aromatic nitrogens is 1. The van der Waals surface area contributed by atoms with Crippen LogP contribution < -0.4 is 21.2 Å². The number of halogens is 2. The lowest BCUT2D eigenvalue weighted by atomic mass is 10.0. The first-order valence-electron chi connectivity index (χ1n) is 9.91. The molecule has 4 rings (SSSR count). The Morgan fingerprint density at radius 2 is 2.06 bits per heavy atom. The van der Waals surface area contributed by atoms with E-state index in [1.165, 1.54) is 13.2 Å². The van der Waals surface area contributed by atoms with E-state index >= 15 is 0 Å². The first-order chi connectivity index (χ1) is 14.8. The van der Waals surface area contributed by atoms with E-state index in [0.717, 1.165) is 6.07 Å². The van der Waals surface area contributed by atoms with Crippen molar-refractivity contribution in [1.82, 2.24) is 14.8 Å². The van der Waals surface area contributed by atoms with Crippen LogP contribution in [0.3, 0.4) is 0 Å². The highest BCUT2D eigenvalue weighted by atomic mass is 19.1. The first kappa shape index (κ1) is 21.0. The fourth-order valence-corrected chi connectivity index (χ4v) is 4.40. The molecule has 0 radical (unpaired) electrons. The van der Waals surface area contributed by atoms with Crippen LogP contribution in [0, 0.1) is 11.6 Å². The minimum atomic E-state index is -0.813. The fourth-order valence-electron chi connectivity index (χ4n) is 4.40. The molecule has 1 aromatic heterocycles. The molecule has 2 aliphatic heterocycles. The Morgan fingerprint density at radius 1 is 1.32 bits per heavy atom. The van der Waals surface area contributed by atoms with Crippen LogP contribution in [0.1, 0.15) is 57.5 Å². The second-order valence-electron chi connectivity index (χ2n) is 7.60. The number of likely N-dealkylation sites (N-methyl/N-ethyl adjacent to an activating group) is 1. The van der Waals surface area contributed by atoms with Gasteiger partial charge in [0.1, 0.15) is 17.2 Å². The summed E-state index contributed by atoms with van der Waals surface area (Å²) >= 11 is 0. The van der Waals surface area contributed by atoms with Crippen LogP contribution >= 0.6 is 0 Å². The van der Waals surface area contributed by atoms with Crippen molar-refractivity contribution in [3.8, 4) is 5.75 Å². The number of amides is 2. The van der Waals surface area contributed by atoms with Crippen LogP contribution in [0.2, 0.25) is 0 Å². The van der Waals surface area contributed by atoms with Gasteiger partial charge in [-0.2, -0.15) is 0 Å². The van der Waals surface area contributed by atoms with Crippen molar-refractivity contribution in [2.75, 3.05) is 20.2 Å². The molecule has 0 fully saturated rings. The van der Waals surface area contributed by atoms with Gasteiger partial charge in [-0.25, -0.2) is 8.78 Å². The molecule has 0 spiro atoms. The molecule has 31 heavy (non-hydrogen) atoms. The molecule has 3 N–H and O–H groups in total. The Morgan fingerprint density at radius 3 is 2.71 bits per heavy atom. The third-order valence-corrected chi connectivity index (χ3v) is 5.84. The summed E-state index contributed by atoms with van der Waals surface area (Å²) < 4.78 is 33.9. The van der Waals surface area contributed by atoms with Gasteiger partial charge in [0.05, 0.1) is 18.8 Å². The van der Waals surface area contributed by atoms with Crippen molar-refractivity contribution < 1.29 is 23.1 Å². The average Bonchev–Trinajstić information content (AvgIpc) is 3.05. The van der Waals surface area contributed by atoms with Crippen LogP contribution in [0.4, 0.5) is 8.78 Å². The first-order valence-corrected chi connectivity index (χ1v) is 9.91. The third-order valence-electron chi connectivity index (χ3n) is 5.84. The monoisotopic (exact) mass is 432 g/mol. The van der Waals surface area contributed by atoms with Gasteiger partial charge in [0.2, 0.25) is 5.43 Å². The Hall–Kier alpha value is -3.27. The van der Waals surface area contributed by atoms with Gasteiger partial charge in [0.25, 0.3) is 11.8 Å². The van der Waals surface area contributed by atoms with Gasteiger partial charge in [-0.3, -0.25) is 14.4 Å². The molecule has 10 heteroatoms. The van der Waals surface area contributed by atoms with Gasteiger partial charge < -0.3 is 25.3 Å². The van der Waals surface area contributed by atoms with E-state index in [-0.39, 0.29) is 46.8 Å². The molecular weight excluding hydrogens is 410 g/mol. The molecule has 3 heterocycles. The number of benzene rings is 1. The summed E-state index contributed by atoms with van der Waals surface area (Å²) in [6.45, 7) is 2.46. The molecule has 2 aromatic rings. The number of methoxy groups -OCH3 is 1. The van der Waals surface area contributed by atoms with Gasteiger partial charge in [0.15, 0.2) is 11.4 Å². The van der Waals surface area contributed by atoms with E-state index in [4.69, 9.17) is 10.5 Å². The predicted octanol–water partition coefficient (Wildman–Crippen LogP) is 1.49. The van der Waals surface area contributed by atoms with E-state index in [2.05, 4.69) is 5.32 Å². The van der Waals surface area contributed by atoms with Crippen LogP contribution in [0.25, 0.3) is 0 Å². The SMILES string of the molecule is CCN1C[C@@H]2C[C@@H](N)c3c(C(=O)NCc4ccc(F)cc4F)c(=O)c(OC)c(n32)C1=O. The minimum Gasteiger partial charge on any atom is -0.491 e. The maximum absolute atomic E-state index is 13.9. The molecule has 1 aromatic carbocycles. The lowest BCUT2D eigenvalue weighted by Gasteiger charge is -2.34. The second-order valence-corrected chi connectivity index (χ2v) is 7.60. The van der Waals surface area contributed by atoms with E-state index in [0.29, 0.717) is 25.6 Å². The number of hydrogen-bond acceptors (Lipinski definition) is 5. The third kappa shape index (κ3) is 3.27. The average molecular weight is 432 g/mol. The summed E-state index contributed by atoms with van der Waals surface area (Å²) in [5.74, 6) is -2.89. The molecule has 2 amide bonds. The molecule has 0 saturated heterocycles. The highest BCUT2D eigenvalue weighted by molar-refractivity contribution is 6.00. The van der Waals surface area contributed by atoms with Gasteiger partial charge >= 0.3 is 0 Å². The summed E-state index contributed by atoms with van der Waals surface area (Å²) in [6, 6.07) is 2.18. The Kier molecular flexibility index (Phi) is 5.26. The highest BCUT2D eigenvalue weighted by Gasteiger charge is 2.44. The number of nitrogens with zero attached hydrogens (tertiary/aromatic N) is 2. The standard InChI is InChI=1S/C21H22F2N4O4/c1-3-26-9-12-7-14(24)16-15(18(28)19(31-2)17(21(26)30)27(12)16)20(29)25-8-10-4-5-11(22)6-13(10)23/h4-6,12,14H,3,7-9,24H2,1-2H3,(H,25,29)/t12-,14+/m0/s1. The molecular formula is C21H22F2N4O4. The summed E-state index contributed by atoms with van der Waals surface area (Å²) in [4.78, 5) is 40.7. The molecule has 0 unspecified atom stereocenters. The zero-order valence-corrected chi connectivity index (χ0v) is 17.1. The largest absolute Gasteiger partial charge is 0.491 e. The van der Waals surface area contributed by atoms with E-state index < -0.39 is 29.0 Å². The fraction of sp³-hybridized carbons (Fsp3) is 0.381. The Balaban J connectivity index is 1.78. The Bertz CT molecular complexity index is 1150. The molecule has 0 saturated carbocycles. The smallest absolute Gasteiger partial charge is 0.274 e. The lowest BCUT2D eigenvalue weighted by Crippen LogP contribution is -2.45. The van der Waals surface area contributed by atoms with E-state index in [1.54, 1.807) is 9.47 Å². The van der Waals surface area contributed by atoms with Crippen molar-refractivity contribution in [3.63, 3.8) is 0 Å². The number of hydrogen-bond donors (Lipinski definition) is 2. The van der Waals surface area contributed by atoms with Crippen molar-refractivity contribution in [3.05, 3.63) is 62.6 Å². The van der Waals surface area contributed by atoms with Gasteiger partial charge in [-0.05, 0) is 19.4 Å². The zero-order chi connectivity index (χ0) is 22.4. The molecule has 8 nitrogen and oxygen atoms in total. The van der Waals surface area contributed by atoms with Crippen molar-refractivity contribution in [1.29, 1.82) is 0 Å². The number of rotatable bonds is 5. The lowest BCUT2D eigenvalue weighted by molar-refractivity contribution is 0.0674. The minimum absolute atomic E-state index is 0.0622. The molecule has 0 bridgehead atoms. The topological polar surface area (TPSA) is 107 Å². The number of carbonyl (C=O) groups excluding carboxylic acids is 2. The number of carbonyl (C=O) groups is 2. The van der Waals surface area contributed by atoms with E-state index in [1.807, 2.05) is 6.92 Å². The molecule has 0 aliphatic carbocycles. The highest BCUT2D eigenvalue weighted by Crippen LogP contribution is 2.41. The van der Waals surface area contributed by atoms with Crippen LogP contribution in [0.5, 0.6) is 5.75 Å². The maximum Gasteiger partial charge on any atom is 0.274 e. The summed E-state index contributed by atoms with van der Waals surface area (Å²) in [6.07, 6.45) is 0.455. The Labute approximate surface area is 176 Å². The molecule has 2 aliphatic rings. The zero-order valence-electron chi connectivity index (χ0n) is 17.1. The predicted molar refractivity (Wildman–Crippen MR) is 107 cm³/mol. The molecule has 164 valence electrons. The normalized spacial score (nSPS) is 19.4. The van der Waals surface area contributed by atoms with Gasteiger partial charge in [0, 0.05) is 37.3 Å². The molecule has 2 atom stereocenters. The maximum atomic E-state index is 13.9. The van der Waals surface area contributed by atoms with Crippen LogP contribution in [0.15, 0.2) is 23.0 Å². The second kappa shape index (κ2) is 7.77. The van der Waals surface area contributed by atoms with Crippen molar-refractivity contribution in [2.45, 2.75) is 32.0 Å².